The first-order valence-corrected chi connectivity index (χ1v) is 13.7. The predicted molar refractivity (Wildman–Crippen MR) is 152 cm³/mol. The van der Waals surface area contributed by atoms with Crippen molar-refractivity contribution in [3.63, 3.8) is 0 Å². The second-order valence-corrected chi connectivity index (χ2v) is 10.5. The summed E-state index contributed by atoms with van der Waals surface area (Å²) in [6.07, 6.45) is 1.76. The third-order valence-electron chi connectivity index (χ3n) is 6.22. The molecule has 2 aromatic carbocycles. The fraction of sp³-hybridized carbons (Fsp3) is 0.333. The maximum atomic E-state index is 13.9. The Kier molecular flexibility index (Phi) is 8.89. The van der Waals surface area contributed by atoms with Gasteiger partial charge in [0.1, 0.15) is 0 Å². The number of benzene rings is 2. The lowest BCUT2D eigenvalue weighted by Crippen LogP contribution is -2.40. The Labute approximate surface area is 236 Å². The summed E-state index contributed by atoms with van der Waals surface area (Å²) < 4.78 is 23.4. The van der Waals surface area contributed by atoms with Crippen molar-refractivity contribution >= 4 is 29.4 Å². The predicted octanol–water partition coefficient (Wildman–Crippen LogP) is 3.63. The number of methoxy groups -OCH3 is 2. The van der Waals surface area contributed by atoms with E-state index in [9.17, 15) is 14.4 Å². The van der Waals surface area contributed by atoms with Crippen LogP contribution in [0.15, 0.2) is 63.5 Å². The molecule has 10 heteroatoms. The highest BCUT2D eigenvalue weighted by Gasteiger charge is 2.33. The van der Waals surface area contributed by atoms with Crippen LogP contribution in [0.5, 0.6) is 11.5 Å². The third-order valence-corrected chi connectivity index (χ3v) is 7.21. The molecule has 40 heavy (non-hydrogen) atoms. The van der Waals surface area contributed by atoms with E-state index in [1.807, 2.05) is 26.8 Å². The Bertz CT molecular complexity index is 1630. The zero-order valence-electron chi connectivity index (χ0n) is 23.3. The number of nitrogens with zero attached hydrogens (tertiary/aromatic N) is 2. The van der Waals surface area contributed by atoms with Crippen molar-refractivity contribution in [1.29, 1.82) is 0 Å². The van der Waals surface area contributed by atoms with Crippen LogP contribution in [0.1, 0.15) is 55.2 Å². The molecule has 0 radical (unpaired) electrons. The van der Waals surface area contributed by atoms with Crippen molar-refractivity contribution in [3.8, 4) is 11.5 Å². The van der Waals surface area contributed by atoms with Gasteiger partial charge in [-0.2, -0.15) is 0 Å². The molecule has 0 saturated heterocycles. The number of rotatable bonds is 9. The monoisotopic (exact) mass is 564 g/mol. The smallest absolute Gasteiger partial charge is 0.338 e. The van der Waals surface area contributed by atoms with Gasteiger partial charge >= 0.3 is 11.9 Å². The maximum absolute atomic E-state index is 13.9. The summed E-state index contributed by atoms with van der Waals surface area (Å²) in [5.74, 6) is 0.277. The zero-order chi connectivity index (χ0) is 29.0. The van der Waals surface area contributed by atoms with Crippen LogP contribution >= 0.6 is 11.3 Å². The number of hydrogen-bond donors (Lipinski definition) is 0. The number of hydrogen-bond acceptors (Lipinski definition) is 9. The number of ether oxygens (including phenoxy) is 4. The zero-order valence-corrected chi connectivity index (χ0v) is 24.2. The summed E-state index contributed by atoms with van der Waals surface area (Å²) in [6.45, 7) is 8.24. The van der Waals surface area contributed by atoms with Gasteiger partial charge in [0.2, 0.25) is 0 Å². The summed E-state index contributed by atoms with van der Waals surface area (Å²) in [6, 6.07) is 11.3. The van der Waals surface area contributed by atoms with Crippen molar-refractivity contribution < 1.29 is 28.5 Å². The van der Waals surface area contributed by atoms with Crippen molar-refractivity contribution in [2.24, 2.45) is 10.9 Å². The van der Waals surface area contributed by atoms with E-state index in [1.165, 1.54) is 23.0 Å². The average molecular weight is 565 g/mol. The van der Waals surface area contributed by atoms with Gasteiger partial charge in [-0.05, 0) is 61.2 Å². The first kappa shape index (κ1) is 28.8. The SMILES string of the molecule is CCOc1ccc(C=c2sc3n(c2=O)C(c2ccc(C(=O)OC)cc2)C(C(=O)OCC(C)C)=C(C)N=3)cc1OC. The maximum Gasteiger partial charge on any atom is 0.338 e. The van der Waals surface area contributed by atoms with Crippen LogP contribution in [-0.2, 0) is 14.3 Å². The molecular weight excluding hydrogens is 532 g/mol. The van der Waals surface area contributed by atoms with E-state index in [2.05, 4.69) is 4.99 Å². The van der Waals surface area contributed by atoms with E-state index in [1.54, 1.807) is 56.5 Å². The van der Waals surface area contributed by atoms with Crippen molar-refractivity contribution in [2.45, 2.75) is 33.7 Å². The van der Waals surface area contributed by atoms with Gasteiger partial charge in [-0.15, -0.1) is 0 Å². The van der Waals surface area contributed by atoms with Gasteiger partial charge < -0.3 is 18.9 Å². The van der Waals surface area contributed by atoms with Gasteiger partial charge in [0.05, 0.1) is 54.8 Å². The molecule has 0 bridgehead atoms. The van der Waals surface area contributed by atoms with Crippen LogP contribution < -0.4 is 24.4 Å². The van der Waals surface area contributed by atoms with E-state index in [0.29, 0.717) is 44.3 Å². The second kappa shape index (κ2) is 12.3. The lowest BCUT2D eigenvalue weighted by molar-refractivity contribution is -0.140. The Morgan fingerprint density at radius 2 is 1.80 bits per heavy atom. The van der Waals surface area contributed by atoms with Crippen LogP contribution in [0.4, 0.5) is 0 Å². The van der Waals surface area contributed by atoms with Gasteiger partial charge in [0.25, 0.3) is 5.56 Å². The van der Waals surface area contributed by atoms with Crippen LogP contribution in [0.2, 0.25) is 0 Å². The molecule has 1 unspecified atom stereocenters. The van der Waals surface area contributed by atoms with Gasteiger partial charge in [-0.25, -0.2) is 14.6 Å². The number of fused-ring (bicyclic) bond motifs is 1. The largest absolute Gasteiger partial charge is 0.493 e. The first-order chi connectivity index (χ1) is 19.2. The molecule has 0 N–H and O–H groups in total. The van der Waals surface area contributed by atoms with Gasteiger partial charge in [0, 0.05) is 0 Å². The highest BCUT2D eigenvalue weighted by molar-refractivity contribution is 7.07. The molecule has 9 nitrogen and oxygen atoms in total. The molecule has 210 valence electrons. The minimum Gasteiger partial charge on any atom is -0.493 e. The lowest BCUT2D eigenvalue weighted by atomic mass is 9.95. The first-order valence-electron chi connectivity index (χ1n) is 12.9. The average Bonchev–Trinajstić information content (AvgIpc) is 3.25. The van der Waals surface area contributed by atoms with Crippen molar-refractivity contribution in [3.05, 3.63) is 90.1 Å². The Hall–Kier alpha value is -4.18. The number of aromatic nitrogens is 1. The Morgan fingerprint density at radius 3 is 2.42 bits per heavy atom. The molecule has 0 spiro atoms. The van der Waals surface area contributed by atoms with Crippen molar-refractivity contribution in [1.82, 2.24) is 4.57 Å². The fourth-order valence-electron chi connectivity index (χ4n) is 4.34. The number of carbonyl (C=O) groups excluding carboxylic acids is 2. The summed E-state index contributed by atoms with van der Waals surface area (Å²) in [7, 11) is 2.87. The quantitative estimate of drug-likeness (QED) is 0.366. The number of carbonyl (C=O) groups is 2. The van der Waals surface area contributed by atoms with Crippen LogP contribution in [-0.4, -0.2) is 43.9 Å². The Balaban J connectivity index is 1.87. The van der Waals surface area contributed by atoms with Gasteiger partial charge in [0.15, 0.2) is 16.3 Å². The number of allylic oxidation sites excluding steroid dienone is 1. The van der Waals surface area contributed by atoms with E-state index in [0.717, 1.165) is 5.56 Å². The molecule has 3 aromatic rings. The van der Waals surface area contributed by atoms with E-state index in [-0.39, 0.29) is 23.7 Å². The van der Waals surface area contributed by atoms with Gasteiger partial charge in [-0.3, -0.25) is 9.36 Å². The summed E-state index contributed by atoms with van der Waals surface area (Å²) in [5, 5.41) is 0. The van der Waals surface area contributed by atoms with E-state index >= 15 is 0 Å². The van der Waals surface area contributed by atoms with Crippen molar-refractivity contribution in [2.75, 3.05) is 27.4 Å². The lowest BCUT2D eigenvalue weighted by Gasteiger charge is -2.25. The van der Waals surface area contributed by atoms with E-state index in [4.69, 9.17) is 18.9 Å². The summed E-state index contributed by atoms with van der Waals surface area (Å²) in [5.41, 5.74) is 2.17. The molecule has 0 amide bonds. The molecule has 1 aliphatic heterocycles. The normalized spacial score (nSPS) is 15.0. The Morgan fingerprint density at radius 1 is 1.07 bits per heavy atom. The van der Waals surface area contributed by atoms with E-state index < -0.39 is 18.0 Å². The topological polar surface area (TPSA) is 105 Å². The fourth-order valence-corrected chi connectivity index (χ4v) is 5.38. The summed E-state index contributed by atoms with van der Waals surface area (Å²) in [4.78, 5) is 44.3. The molecule has 2 heterocycles. The molecule has 1 aromatic heterocycles. The van der Waals surface area contributed by atoms with Crippen LogP contribution in [0.3, 0.4) is 0 Å². The molecule has 0 aliphatic carbocycles. The molecule has 0 saturated carbocycles. The highest BCUT2D eigenvalue weighted by Crippen LogP contribution is 2.31. The van der Waals surface area contributed by atoms with Crippen LogP contribution in [0, 0.1) is 5.92 Å². The number of thiazole rings is 1. The standard InChI is InChI=1S/C30H32N2O7S/c1-7-38-22-13-8-19(14-23(22)36-5)15-24-27(33)32-26(20-9-11-21(12-10-20)28(34)37-6)25(18(4)31-30(32)40-24)29(35)39-16-17(2)3/h8-15,17,26H,7,16H2,1-6H3. The van der Waals surface area contributed by atoms with Crippen LogP contribution in [0.25, 0.3) is 6.08 Å². The highest BCUT2D eigenvalue weighted by atomic mass is 32.1. The third kappa shape index (κ3) is 5.86. The summed E-state index contributed by atoms with van der Waals surface area (Å²) >= 11 is 1.23. The second-order valence-electron chi connectivity index (χ2n) is 9.53. The molecule has 1 atom stereocenters. The molecule has 0 fully saturated rings. The molecule has 1 aliphatic rings. The molecule has 4 rings (SSSR count). The minimum absolute atomic E-state index is 0.134. The minimum atomic E-state index is -0.792. The van der Waals surface area contributed by atoms with Gasteiger partial charge in [-0.1, -0.05) is 43.4 Å². The molecular formula is C30H32N2O7S. The number of esters is 2.